The van der Waals surface area contributed by atoms with E-state index in [1.54, 1.807) is 19.2 Å². The molecule has 1 heterocycles. The average Bonchev–Trinajstić information content (AvgIpc) is 3.21. The molecule has 0 saturated heterocycles. The SMILES string of the molecule is CC[C@@H](C)[C@@H](NC(=O)c1ccccc1F)c1nc(-c2cccc(OC)c2)no1. The molecule has 0 unspecified atom stereocenters. The van der Waals surface area contributed by atoms with E-state index in [0.29, 0.717) is 11.6 Å². The standard InChI is InChI=1S/C21H22FN3O3/c1-4-13(2)18(23-20(26)16-10-5-6-11-17(16)22)21-24-19(25-28-21)14-8-7-9-15(12-14)27-3/h5-13,18H,4H2,1-3H3,(H,23,26)/t13-,18-/m1/s1. The summed E-state index contributed by atoms with van der Waals surface area (Å²) in [5, 5.41) is 6.86. The lowest BCUT2D eigenvalue weighted by atomic mass is 9.98. The second-order valence-electron chi connectivity index (χ2n) is 6.50. The summed E-state index contributed by atoms with van der Waals surface area (Å²) in [5.74, 6) is 0.249. The molecule has 0 saturated carbocycles. The number of nitrogens with zero attached hydrogens (tertiary/aromatic N) is 2. The minimum atomic E-state index is -0.578. The molecule has 2 aromatic carbocycles. The smallest absolute Gasteiger partial charge is 0.254 e. The highest BCUT2D eigenvalue weighted by Crippen LogP contribution is 2.27. The van der Waals surface area contributed by atoms with Gasteiger partial charge in [0.2, 0.25) is 11.7 Å². The van der Waals surface area contributed by atoms with Crippen LogP contribution in [0.4, 0.5) is 4.39 Å². The van der Waals surface area contributed by atoms with Gasteiger partial charge in [0.25, 0.3) is 5.91 Å². The van der Waals surface area contributed by atoms with Crippen molar-refractivity contribution in [2.45, 2.75) is 26.3 Å². The summed E-state index contributed by atoms with van der Waals surface area (Å²) in [7, 11) is 1.58. The fourth-order valence-electron chi connectivity index (χ4n) is 2.79. The molecular formula is C21H22FN3O3. The zero-order chi connectivity index (χ0) is 20.1. The van der Waals surface area contributed by atoms with Gasteiger partial charge in [-0.15, -0.1) is 0 Å². The van der Waals surface area contributed by atoms with Gasteiger partial charge in [0.15, 0.2) is 0 Å². The summed E-state index contributed by atoms with van der Waals surface area (Å²) in [6.07, 6.45) is 0.763. The van der Waals surface area contributed by atoms with E-state index in [4.69, 9.17) is 9.26 Å². The third-order valence-corrected chi connectivity index (χ3v) is 4.65. The lowest BCUT2D eigenvalue weighted by Gasteiger charge is -2.20. The molecule has 146 valence electrons. The van der Waals surface area contributed by atoms with E-state index in [1.165, 1.54) is 18.2 Å². The third kappa shape index (κ3) is 4.19. The van der Waals surface area contributed by atoms with Crippen molar-refractivity contribution in [2.75, 3.05) is 7.11 Å². The van der Waals surface area contributed by atoms with E-state index in [2.05, 4.69) is 15.5 Å². The molecule has 7 heteroatoms. The lowest BCUT2D eigenvalue weighted by molar-refractivity contribution is 0.0906. The number of methoxy groups -OCH3 is 1. The molecule has 2 atom stereocenters. The summed E-state index contributed by atoms with van der Waals surface area (Å²) >= 11 is 0. The second-order valence-corrected chi connectivity index (χ2v) is 6.50. The van der Waals surface area contributed by atoms with E-state index >= 15 is 0 Å². The van der Waals surface area contributed by atoms with Gasteiger partial charge in [-0.3, -0.25) is 4.79 Å². The largest absolute Gasteiger partial charge is 0.497 e. The Morgan fingerprint density at radius 1 is 1.25 bits per heavy atom. The monoisotopic (exact) mass is 383 g/mol. The van der Waals surface area contributed by atoms with Crippen molar-refractivity contribution in [1.82, 2.24) is 15.5 Å². The molecule has 0 spiro atoms. The Bertz CT molecular complexity index is 957. The van der Waals surface area contributed by atoms with Crippen LogP contribution in [-0.4, -0.2) is 23.2 Å². The fourth-order valence-corrected chi connectivity index (χ4v) is 2.79. The van der Waals surface area contributed by atoms with E-state index < -0.39 is 17.8 Å². The number of halogens is 1. The Balaban J connectivity index is 1.87. The normalized spacial score (nSPS) is 13.0. The first kappa shape index (κ1) is 19.5. The highest BCUT2D eigenvalue weighted by atomic mass is 19.1. The first-order valence-electron chi connectivity index (χ1n) is 9.07. The van der Waals surface area contributed by atoms with Gasteiger partial charge < -0.3 is 14.6 Å². The molecule has 3 aromatic rings. The number of carbonyl (C=O) groups is 1. The molecule has 0 aliphatic rings. The molecule has 0 bridgehead atoms. The summed E-state index contributed by atoms with van der Waals surface area (Å²) in [6, 6.07) is 12.6. The van der Waals surface area contributed by atoms with E-state index in [1.807, 2.05) is 32.0 Å². The van der Waals surface area contributed by atoms with Crippen LogP contribution in [-0.2, 0) is 0 Å². The molecular weight excluding hydrogens is 361 g/mol. The van der Waals surface area contributed by atoms with Gasteiger partial charge in [-0.2, -0.15) is 4.98 Å². The average molecular weight is 383 g/mol. The predicted octanol–water partition coefficient (Wildman–Crippen LogP) is 4.40. The molecule has 1 N–H and O–H groups in total. The van der Waals surface area contributed by atoms with Crippen molar-refractivity contribution in [1.29, 1.82) is 0 Å². The van der Waals surface area contributed by atoms with Crippen molar-refractivity contribution in [2.24, 2.45) is 5.92 Å². The van der Waals surface area contributed by atoms with Gasteiger partial charge in [-0.05, 0) is 30.2 Å². The minimum Gasteiger partial charge on any atom is -0.497 e. The number of rotatable bonds is 7. The Morgan fingerprint density at radius 3 is 2.75 bits per heavy atom. The van der Waals surface area contributed by atoms with Crippen molar-refractivity contribution < 1.29 is 18.4 Å². The van der Waals surface area contributed by atoms with Gasteiger partial charge >= 0.3 is 0 Å². The maximum absolute atomic E-state index is 13.9. The topological polar surface area (TPSA) is 77.2 Å². The molecule has 6 nitrogen and oxygen atoms in total. The van der Waals surface area contributed by atoms with Gasteiger partial charge in [-0.1, -0.05) is 49.7 Å². The van der Waals surface area contributed by atoms with E-state index in [0.717, 1.165) is 12.0 Å². The zero-order valence-corrected chi connectivity index (χ0v) is 16.0. The fraction of sp³-hybridized carbons (Fsp3) is 0.286. The molecule has 0 aliphatic carbocycles. The lowest BCUT2D eigenvalue weighted by Crippen LogP contribution is -2.33. The number of amides is 1. The van der Waals surface area contributed by atoms with E-state index in [9.17, 15) is 9.18 Å². The van der Waals surface area contributed by atoms with Crippen LogP contribution in [0.2, 0.25) is 0 Å². The number of carbonyl (C=O) groups excluding carboxylic acids is 1. The number of benzene rings is 2. The summed E-state index contributed by atoms with van der Waals surface area (Å²) in [5.41, 5.74) is 0.709. The Morgan fingerprint density at radius 2 is 2.04 bits per heavy atom. The van der Waals surface area contributed by atoms with Crippen LogP contribution in [0.25, 0.3) is 11.4 Å². The van der Waals surface area contributed by atoms with Gasteiger partial charge in [0.05, 0.1) is 12.7 Å². The zero-order valence-electron chi connectivity index (χ0n) is 16.0. The van der Waals surface area contributed by atoms with Gasteiger partial charge in [0.1, 0.15) is 17.6 Å². The molecule has 1 aromatic heterocycles. The summed E-state index contributed by atoms with van der Waals surface area (Å²) < 4.78 is 24.6. The molecule has 0 aliphatic heterocycles. The Hall–Kier alpha value is -3.22. The van der Waals surface area contributed by atoms with Crippen LogP contribution in [0.1, 0.15) is 42.6 Å². The Kier molecular flexibility index (Phi) is 6.03. The van der Waals surface area contributed by atoms with Crippen LogP contribution in [0, 0.1) is 11.7 Å². The number of hydrogen-bond acceptors (Lipinski definition) is 5. The van der Waals surface area contributed by atoms with Gasteiger partial charge in [-0.25, -0.2) is 4.39 Å². The highest BCUT2D eigenvalue weighted by Gasteiger charge is 2.27. The summed E-state index contributed by atoms with van der Waals surface area (Å²) in [6.45, 7) is 3.95. The summed E-state index contributed by atoms with van der Waals surface area (Å²) in [4.78, 5) is 17.0. The first-order chi connectivity index (χ1) is 13.5. The number of aromatic nitrogens is 2. The Labute approximate surface area is 162 Å². The predicted molar refractivity (Wildman–Crippen MR) is 102 cm³/mol. The molecule has 0 fully saturated rings. The van der Waals surface area contributed by atoms with Crippen molar-refractivity contribution in [3.8, 4) is 17.1 Å². The van der Waals surface area contributed by atoms with Gasteiger partial charge in [0, 0.05) is 5.56 Å². The highest BCUT2D eigenvalue weighted by molar-refractivity contribution is 5.94. The molecule has 0 radical (unpaired) electrons. The van der Waals surface area contributed by atoms with Crippen molar-refractivity contribution in [3.63, 3.8) is 0 Å². The van der Waals surface area contributed by atoms with E-state index in [-0.39, 0.29) is 17.4 Å². The number of hydrogen-bond donors (Lipinski definition) is 1. The quantitative estimate of drug-likeness (QED) is 0.654. The first-order valence-corrected chi connectivity index (χ1v) is 9.07. The second kappa shape index (κ2) is 8.65. The maximum atomic E-state index is 13.9. The molecule has 1 amide bonds. The van der Waals surface area contributed by atoms with Crippen LogP contribution in [0.15, 0.2) is 53.1 Å². The van der Waals surface area contributed by atoms with Crippen LogP contribution in [0.3, 0.4) is 0 Å². The van der Waals surface area contributed by atoms with Crippen LogP contribution >= 0.6 is 0 Å². The minimum absolute atomic E-state index is 0.00864. The molecule has 3 rings (SSSR count). The van der Waals surface area contributed by atoms with Crippen molar-refractivity contribution in [3.05, 3.63) is 65.8 Å². The number of ether oxygens (including phenoxy) is 1. The number of nitrogens with one attached hydrogen (secondary N) is 1. The maximum Gasteiger partial charge on any atom is 0.254 e. The van der Waals surface area contributed by atoms with Crippen LogP contribution in [0.5, 0.6) is 5.75 Å². The molecule has 28 heavy (non-hydrogen) atoms. The van der Waals surface area contributed by atoms with Crippen LogP contribution < -0.4 is 10.1 Å². The third-order valence-electron chi connectivity index (χ3n) is 4.65. The van der Waals surface area contributed by atoms with Crippen molar-refractivity contribution >= 4 is 5.91 Å².